The standard InChI is InChI=1S/C12H16N2O3S/c1-8-13-10(7-18-8)6-11(15)14-4-2-9(3-5-14)12(16)17/h7,9H,2-6H2,1H3,(H,16,17). The second kappa shape index (κ2) is 5.48. The molecule has 1 aliphatic heterocycles. The molecule has 0 bridgehead atoms. The first-order chi connectivity index (χ1) is 8.56. The summed E-state index contributed by atoms with van der Waals surface area (Å²) in [6.07, 6.45) is 1.43. The number of aliphatic carboxylic acids is 1. The van der Waals surface area contributed by atoms with E-state index >= 15 is 0 Å². The minimum Gasteiger partial charge on any atom is -0.481 e. The van der Waals surface area contributed by atoms with Crippen molar-refractivity contribution in [1.29, 1.82) is 0 Å². The second-order valence-corrected chi connectivity index (χ2v) is 5.59. The van der Waals surface area contributed by atoms with E-state index in [0.717, 1.165) is 10.7 Å². The maximum atomic E-state index is 12.0. The van der Waals surface area contributed by atoms with E-state index in [4.69, 9.17) is 5.11 Å². The first-order valence-electron chi connectivity index (χ1n) is 5.98. The van der Waals surface area contributed by atoms with E-state index in [0.29, 0.717) is 32.4 Å². The van der Waals surface area contributed by atoms with Crippen LogP contribution in [0.3, 0.4) is 0 Å². The Balaban J connectivity index is 1.86. The van der Waals surface area contributed by atoms with Gasteiger partial charge < -0.3 is 10.0 Å². The number of nitrogens with zero attached hydrogens (tertiary/aromatic N) is 2. The van der Waals surface area contributed by atoms with Crippen molar-refractivity contribution in [3.05, 3.63) is 16.1 Å². The molecule has 0 atom stereocenters. The summed E-state index contributed by atoms with van der Waals surface area (Å²) in [7, 11) is 0. The van der Waals surface area contributed by atoms with Crippen LogP contribution in [0.4, 0.5) is 0 Å². The first kappa shape index (κ1) is 13.0. The maximum absolute atomic E-state index is 12.0. The van der Waals surface area contributed by atoms with Gasteiger partial charge in [0.05, 0.1) is 23.0 Å². The molecule has 5 nitrogen and oxygen atoms in total. The fourth-order valence-electron chi connectivity index (χ4n) is 2.13. The van der Waals surface area contributed by atoms with Gasteiger partial charge in [-0.1, -0.05) is 0 Å². The highest BCUT2D eigenvalue weighted by molar-refractivity contribution is 7.09. The number of carbonyl (C=O) groups excluding carboxylic acids is 1. The average molecular weight is 268 g/mol. The van der Waals surface area contributed by atoms with Crippen molar-refractivity contribution in [1.82, 2.24) is 9.88 Å². The van der Waals surface area contributed by atoms with Gasteiger partial charge in [0.15, 0.2) is 0 Å². The van der Waals surface area contributed by atoms with Crippen molar-refractivity contribution >= 4 is 23.2 Å². The molecular formula is C12H16N2O3S. The van der Waals surface area contributed by atoms with Crippen LogP contribution >= 0.6 is 11.3 Å². The van der Waals surface area contributed by atoms with Crippen molar-refractivity contribution in [3.8, 4) is 0 Å². The number of amides is 1. The molecule has 1 saturated heterocycles. The molecule has 1 aromatic heterocycles. The number of thiazole rings is 1. The molecule has 2 heterocycles. The van der Waals surface area contributed by atoms with Gasteiger partial charge in [-0.15, -0.1) is 11.3 Å². The summed E-state index contributed by atoms with van der Waals surface area (Å²) >= 11 is 1.54. The van der Waals surface area contributed by atoms with Crippen LogP contribution in [0.2, 0.25) is 0 Å². The zero-order chi connectivity index (χ0) is 13.1. The highest BCUT2D eigenvalue weighted by Crippen LogP contribution is 2.18. The lowest BCUT2D eigenvalue weighted by Crippen LogP contribution is -2.41. The number of carboxylic acid groups (broad SMARTS) is 1. The van der Waals surface area contributed by atoms with Gasteiger partial charge in [-0.25, -0.2) is 4.98 Å². The zero-order valence-electron chi connectivity index (χ0n) is 10.3. The third kappa shape index (κ3) is 3.07. The second-order valence-electron chi connectivity index (χ2n) is 4.53. The van der Waals surface area contributed by atoms with Gasteiger partial charge in [-0.3, -0.25) is 9.59 Å². The number of hydrogen-bond donors (Lipinski definition) is 1. The molecule has 1 aliphatic rings. The number of aryl methyl sites for hydroxylation is 1. The molecule has 0 radical (unpaired) electrons. The predicted octanol–water partition coefficient (Wildman–Crippen LogP) is 1.32. The summed E-state index contributed by atoms with van der Waals surface area (Å²) in [5.74, 6) is -1.00. The number of piperidine rings is 1. The van der Waals surface area contributed by atoms with Crippen LogP contribution in [0.5, 0.6) is 0 Å². The van der Waals surface area contributed by atoms with Crippen molar-refractivity contribution in [2.24, 2.45) is 5.92 Å². The lowest BCUT2D eigenvalue weighted by Gasteiger charge is -2.30. The van der Waals surface area contributed by atoms with Crippen LogP contribution in [0.25, 0.3) is 0 Å². The third-order valence-corrected chi connectivity index (χ3v) is 4.02. The van der Waals surface area contributed by atoms with Crippen molar-refractivity contribution in [2.75, 3.05) is 13.1 Å². The quantitative estimate of drug-likeness (QED) is 0.897. The number of aromatic nitrogens is 1. The summed E-state index contributed by atoms with van der Waals surface area (Å²) in [5.41, 5.74) is 0.808. The topological polar surface area (TPSA) is 70.5 Å². The molecule has 98 valence electrons. The van der Waals surface area contributed by atoms with E-state index in [-0.39, 0.29) is 11.8 Å². The van der Waals surface area contributed by atoms with Gasteiger partial charge in [0.25, 0.3) is 0 Å². The van der Waals surface area contributed by atoms with Crippen molar-refractivity contribution in [2.45, 2.75) is 26.2 Å². The van der Waals surface area contributed by atoms with Gasteiger partial charge in [-0.05, 0) is 19.8 Å². The van der Waals surface area contributed by atoms with Crippen LogP contribution in [-0.4, -0.2) is 40.0 Å². The van der Waals surface area contributed by atoms with Crippen LogP contribution in [0, 0.1) is 12.8 Å². The largest absolute Gasteiger partial charge is 0.481 e. The van der Waals surface area contributed by atoms with Gasteiger partial charge in [0, 0.05) is 18.5 Å². The molecule has 2 rings (SSSR count). The number of likely N-dealkylation sites (tertiary alicyclic amines) is 1. The minimum atomic E-state index is -0.753. The molecule has 1 N–H and O–H groups in total. The van der Waals surface area contributed by atoms with E-state index in [1.54, 1.807) is 4.90 Å². The zero-order valence-corrected chi connectivity index (χ0v) is 11.1. The Morgan fingerprint density at radius 1 is 1.50 bits per heavy atom. The Bertz CT molecular complexity index is 450. The molecule has 1 amide bonds. The Kier molecular flexibility index (Phi) is 3.96. The summed E-state index contributed by atoms with van der Waals surface area (Å²) in [4.78, 5) is 28.8. The summed E-state index contributed by atoms with van der Waals surface area (Å²) in [5, 5.41) is 11.7. The lowest BCUT2D eigenvalue weighted by atomic mass is 9.97. The number of carboxylic acids is 1. The van der Waals surface area contributed by atoms with Crippen LogP contribution < -0.4 is 0 Å². The van der Waals surface area contributed by atoms with Gasteiger partial charge in [-0.2, -0.15) is 0 Å². The monoisotopic (exact) mass is 268 g/mol. The Labute approximate surface area is 109 Å². The van der Waals surface area contributed by atoms with Crippen LogP contribution in [0.15, 0.2) is 5.38 Å². The number of rotatable bonds is 3. The Morgan fingerprint density at radius 2 is 2.17 bits per heavy atom. The summed E-state index contributed by atoms with van der Waals surface area (Å²) in [6, 6.07) is 0. The molecule has 0 saturated carbocycles. The van der Waals surface area contributed by atoms with Crippen molar-refractivity contribution < 1.29 is 14.7 Å². The summed E-state index contributed by atoms with van der Waals surface area (Å²) in [6.45, 7) is 2.99. The minimum absolute atomic E-state index is 0.0455. The molecular weight excluding hydrogens is 252 g/mol. The summed E-state index contributed by atoms with van der Waals surface area (Å²) < 4.78 is 0. The van der Waals surface area contributed by atoms with Crippen LogP contribution in [-0.2, 0) is 16.0 Å². The highest BCUT2D eigenvalue weighted by Gasteiger charge is 2.27. The van der Waals surface area contributed by atoms with Gasteiger partial charge in [0.2, 0.25) is 5.91 Å². The lowest BCUT2D eigenvalue weighted by molar-refractivity contribution is -0.145. The van der Waals surface area contributed by atoms with E-state index in [9.17, 15) is 9.59 Å². The molecule has 0 unspecified atom stereocenters. The molecule has 18 heavy (non-hydrogen) atoms. The van der Waals surface area contributed by atoms with Gasteiger partial charge in [0.1, 0.15) is 0 Å². The Morgan fingerprint density at radius 3 is 2.67 bits per heavy atom. The number of carbonyl (C=O) groups is 2. The third-order valence-electron chi connectivity index (χ3n) is 3.20. The predicted molar refractivity (Wildman–Crippen MR) is 67.5 cm³/mol. The normalized spacial score (nSPS) is 16.8. The maximum Gasteiger partial charge on any atom is 0.306 e. The fraction of sp³-hybridized carbons (Fsp3) is 0.583. The molecule has 1 fully saturated rings. The van der Waals surface area contributed by atoms with E-state index in [2.05, 4.69) is 4.98 Å². The Hall–Kier alpha value is -1.43. The molecule has 6 heteroatoms. The number of hydrogen-bond acceptors (Lipinski definition) is 4. The molecule has 0 aliphatic carbocycles. The van der Waals surface area contributed by atoms with E-state index < -0.39 is 5.97 Å². The fourth-order valence-corrected chi connectivity index (χ4v) is 2.74. The van der Waals surface area contributed by atoms with Crippen molar-refractivity contribution in [3.63, 3.8) is 0 Å². The first-order valence-corrected chi connectivity index (χ1v) is 6.86. The molecule has 0 spiro atoms. The molecule has 0 aromatic carbocycles. The van der Waals surface area contributed by atoms with Crippen LogP contribution in [0.1, 0.15) is 23.5 Å². The SMILES string of the molecule is Cc1nc(CC(=O)N2CCC(C(=O)O)CC2)cs1. The average Bonchev–Trinajstić information content (AvgIpc) is 2.75. The molecule has 1 aromatic rings. The smallest absolute Gasteiger partial charge is 0.306 e. The van der Waals surface area contributed by atoms with E-state index in [1.165, 1.54) is 11.3 Å². The van der Waals surface area contributed by atoms with Gasteiger partial charge >= 0.3 is 5.97 Å². The highest BCUT2D eigenvalue weighted by atomic mass is 32.1. The van der Waals surface area contributed by atoms with E-state index in [1.807, 2.05) is 12.3 Å².